The normalized spacial score (nSPS) is 29.6. The molecule has 16 heavy (non-hydrogen) atoms. The van der Waals surface area contributed by atoms with E-state index in [1.165, 1.54) is 12.1 Å². The van der Waals surface area contributed by atoms with Crippen LogP contribution >= 0.6 is 11.6 Å². The van der Waals surface area contributed by atoms with Crippen LogP contribution in [-0.4, -0.2) is 18.6 Å². The maximum atomic E-state index is 13.1. The monoisotopic (exact) mass is 248 g/mol. The molecule has 1 aliphatic heterocycles. The molecule has 88 valence electrons. The fraction of sp³-hybridized carbons (Fsp3) is 0.455. The summed E-state index contributed by atoms with van der Waals surface area (Å²) in [5, 5.41) is 0. The fourth-order valence-corrected chi connectivity index (χ4v) is 1.83. The number of hydrogen-bond donors (Lipinski definition) is 0. The molecule has 1 saturated heterocycles. The quantitative estimate of drug-likeness (QED) is 0.750. The van der Waals surface area contributed by atoms with Crippen molar-refractivity contribution in [2.75, 3.05) is 12.5 Å². The average molecular weight is 249 g/mol. The second kappa shape index (κ2) is 4.28. The van der Waals surface area contributed by atoms with Gasteiger partial charge in [-0.1, -0.05) is 0 Å². The van der Waals surface area contributed by atoms with Crippen LogP contribution < -0.4 is 0 Å². The summed E-state index contributed by atoms with van der Waals surface area (Å²) in [4.78, 5) is 0. The molecule has 0 bridgehead atoms. The summed E-state index contributed by atoms with van der Waals surface area (Å²) in [5.41, 5.74) is 0.317. The van der Waals surface area contributed by atoms with Gasteiger partial charge in [0.2, 0.25) is 0 Å². The molecule has 5 heteroatoms. The molecule has 0 amide bonds. The molecular weight excluding hydrogens is 238 g/mol. The predicted molar refractivity (Wildman–Crippen MR) is 55.3 cm³/mol. The Kier molecular flexibility index (Phi) is 3.15. The van der Waals surface area contributed by atoms with Gasteiger partial charge in [0.25, 0.3) is 0 Å². The second-order valence-corrected chi connectivity index (χ2v) is 4.12. The van der Waals surface area contributed by atoms with Crippen LogP contribution in [0.15, 0.2) is 18.2 Å². The van der Waals surface area contributed by atoms with E-state index in [2.05, 4.69) is 0 Å². The van der Waals surface area contributed by atoms with E-state index in [-0.39, 0.29) is 12.0 Å². The van der Waals surface area contributed by atoms with Gasteiger partial charge in [-0.3, -0.25) is 0 Å². The van der Waals surface area contributed by atoms with Crippen molar-refractivity contribution in [1.29, 1.82) is 0 Å². The zero-order valence-corrected chi connectivity index (χ0v) is 9.43. The number of ether oxygens (including phenoxy) is 2. The summed E-state index contributed by atoms with van der Waals surface area (Å²) < 4.78 is 37.0. The van der Waals surface area contributed by atoms with Crippen molar-refractivity contribution in [3.8, 4) is 0 Å². The molecule has 1 aromatic carbocycles. The Morgan fingerprint density at radius 3 is 2.50 bits per heavy atom. The summed E-state index contributed by atoms with van der Waals surface area (Å²) in [7, 11) is 0. The van der Waals surface area contributed by atoms with Crippen molar-refractivity contribution in [3.63, 3.8) is 0 Å². The van der Waals surface area contributed by atoms with Crippen LogP contribution in [0.4, 0.5) is 8.78 Å². The van der Waals surface area contributed by atoms with Gasteiger partial charge in [-0.05, 0) is 19.1 Å². The van der Waals surface area contributed by atoms with E-state index < -0.39 is 17.4 Å². The lowest BCUT2D eigenvalue weighted by molar-refractivity contribution is -0.159. The molecule has 0 aliphatic carbocycles. The highest BCUT2D eigenvalue weighted by atomic mass is 35.5. The number of halogens is 3. The summed E-state index contributed by atoms with van der Waals surface area (Å²) >= 11 is 5.63. The zero-order chi connectivity index (χ0) is 11.8. The molecule has 1 fully saturated rings. The van der Waals surface area contributed by atoms with Gasteiger partial charge in [-0.25, -0.2) is 8.78 Å². The molecule has 2 atom stereocenters. The number of benzene rings is 1. The SMILES string of the molecule is CC1(c2cc(F)cc(F)c2)OCC(CCl)O1. The lowest BCUT2D eigenvalue weighted by atomic mass is 10.1. The van der Waals surface area contributed by atoms with E-state index in [1.54, 1.807) is 6.92 Å². The van der Waals surface area contributed by atoms with Crippen LogP contribution in [0.3, 0.4) is 0 Å². The first-order valence-corrected chi connectivity index (χ1v) is 5.41. The molecule has 0 radical (unpaired) electrons. The van der Waals surface area contributed by atoms with Crippen LogP contribution in [-0.2, 0) is 15.3 Å². The van der Waals surface area contributed by atoms with Crippen LogP contribution in [0, 0.1) is 11.6 Å². The number of hydrogen-bond acceptors (Lipinski definition) is 2. The maximum Gasteiger partial charge on any atom is 0.192 e. The van der Waals surface area contributed by atoms with Gasteiger partial charge in [0.1, 0.15) is 11.6 Å². The molecule has 1 aromatic rings. The summed E-state index contributed by atoms with van der Waals surface area (Å²) in [6.45, 7) is 1.94. The number of alkyl halides is 1. The summed E-state index contributed by atoms with van der Waals surface area (Å²) in [6, 6.07) is 3.19. The van der Waals surface area contributed by atoms with Gasteiger partial charge in [-0.2, -0.15) is 0 Å². The van der Waals surface area contributed by atoms with E-state index in [9.17, 15) is 8.78 Å². The zero-order valence-electron chi connectivity index (χ0n) is 8.67. The van der Waals surface area contributed by atoms with Crippen LogP contribution in [0.2, 0.25) is 0 Å². The van der Waals surface area contributed by atoms with Gasteiger partial charge in [0, 0.05) is 11.6 Å². The molecule has 0 saturated carbocycles. The third-order valence-corrected chi connectivity index (χ3v) is 2.84. The van der Waals surface area contributed by atoms with Gasteiger partial charge in [0.05, 0.1) is 18.6 Å². The van der Waals surface area contributed by atoms with Crippen molar-refractivity contribution in [3.05, 3.63) is 35.4 Å². The minimum Gasteiger partial charge on any atom is -0.343 e. The number of rotatable bonds is 2. The Morgan fingerprint density at radius 1 is 1.38 bits per heavy atom. The maximum absolute atomic E-state index is 13.1. The van der Waals surface area contributed by atoms with Crippen LogP contribution in [0.25, 0.3) is 0 Å². The summed E-state index contributed by atoms with van der Waals surface area (Å²) in [6.07, 6.45) is -0.252. The lowest BCUT2D eigenvalue weighted by Gasteiger charge is -2.23. The van der Waals surface area contributed by atoms with Crippen molar-refractivity contribution >= 4 is 11.6 Å². The standard InChI is InChI=1S/C11H11ClF2O2/c1-11(15-6-10(5-12)16-11)7-2-8(13)4-9(14)3-7/h2-4,10H,5-6H2,1H3. The molecule has 1 aliphatic rings. The predicted octanol–water partition coefficient (Wildman–Crippen LogP) is 2.79. The Labute approximate surface area is 97.1 Å². The van der Waals surface area contributed by atoms with E-state index >= 15 is 0 Å². The first kappa shape index (κ1) is 11.8. The highest BCUT2D eigenvalue weighted by molar-refractivity contribution is 6.18. The first-order valence-electron chi connectivity index (χ1n) is 4.88. The lowest BCUT2D eigenvalue weighted by Crippen LogP contribution is -2.24. The molecule has 2 unspecified atom stereocenters. The van der Waals surface area contributed by atoms with Gasteiger partial charge in [0.15, 0.2) is 5.79 Å². The van der Waals surface area contributed by atoms with E-state index in [0.717, 1.165) is 6.07 Å². The largest absolute Gasteiger partial charge is 0.343 e. The molecule has 2 nitrogen and oxygen atoms in total. The minimum absolute atomic E-state index is 0.252. The van der Waals surface area contributed by atoms with Crippen LogP contribution in [0.5, 0.6) is 0 Å². The average Bonchev–Trinajstić information content (AvgIpc) is 2.60. The third kappa shape index (κ3) is 2.19. The van der Waals surface area contributed by atoms with E-state index in [0.29, 0.717) is 12.2 Å². The van der Waals surface area contributed by atoms with Crippen LogP contribution in [0.1, 0.15) is 12.5 Å². The highest BCUT2D eigenvalue weighted by Crippen LogP contribution is 2.34. The molecule has 1 heterocycles. The molecule has 0 spiro atoms. The van der Waals surface area contributed by atoms with Crippen molar-refractivity contribution < 1.29 is 18.3 Å². The van der Waals surface area contributed by atoms with Gasteiger partial charge >= 0.3 is 0 Å². The molecule has 0 N–H and O–H groups in total. The van der Waals surface area contributed by atoms with Crippen molar-refractivity contribution in [2.24, 2.45) is 0 Å². The fourth-order valence-electron chi connectivity index (χ4n) is 1.68. The molecular formula is C11H11ClF2O2. The molecule has 2 rings (SSSR count). The summed E-state index contributed by atoms with van der Waals surface area (Å²) in [5.74, 6) is -2.15. The van der Waals surface area contributed by atoms with Gasteiger partial charge in [-0.15, -0.1) is 11.6 Å². The Bertz CT molecular complexity index is 379. The first-order chi connectivity index (χ1) is 7.53. The Hall–Kier alpha value is -0.710. The van der Waals surface area contributed by atoms with E-state index in [1.807, 2.05) is 0 Å². The van der Waals surface area contributed by atoms with Gasteiger partial charge < -0.3 is 9.47 Å². The smallest absolute Gasteiger partial charge is 0.192 e. The van der Waals surface area contributed by atoms with Crippen molar-refractivity contribution in [2.45, 2.75) is 18.8 Å². The topological polar surface area (TPSA) is 18.5 Å². The Balaban J connectivity index is 2.29. The highest BCUT2D eigenvalue weighted by Gasteiger charge is 2.39. The second-order valence-electron chi connectivity index (χ2n) is 3.81. The Morgan fingerprint density at radius 2 is 2.00 bits per heavy atom. The third-order valence-electron chi connectivity index (χ3n) is 2.50. The minimum atomic E-state index is -1.12. The van der Waals surface area contributed by atoms with E-state index in [4.69, 9.17) is 21.1 Å². The molecule has 0 aromatic heterocycles. The van der Waals surface area contributed by atoms with Crippen molar-refractivity contribution in [1.82, 2.24) is 0 Å².